The SMILES string of the molecule is O=S1(=O)CCCC(Nc2ccc(CCC(F)(F)F)cc2)CC1. The van der Waals surface area contributed by atoms with Gasteiger partial charge in [-0.25, -0.2) is 8.42 Å². The van der Waals surface area contributed by atoms with E-state index in [-0.39, 0.29) is 24.0 Å². The number of benzene rings is 1. The van der Waals surface area contributed by atoms with Crippen molar-refractivity contribution in [3.63, 3.8) is 0 Å². The van der Waals surface area contributed by atoms with E-state index in [1.54, 1.807) is 24.3 Å². The second kappa shape index (κ2) is 6.89. The van der Waals surface area contributed by atoms with Gasteiger partial charge in [-0.05, 0) is 43.4 Å². The predicted octanol–water partition coefficient (Wildman–Crippen LogP) is 3.56. The van der Waals surface area contributed by atoms with Crippen LogP contribution in [0.25, 0.3) is 0 Å². The van der Waals surface area contributed by atoms with Gasteiger partial charge in [-0.1, -0.05) is 12.1 Å². The third-order valence-corrected chi connectivity index (χ3v) is 5.58. The van der Waals surface area contributed by atoms with Gasteiger partial charge < -0.3 is 5.32 Å². The molecule has 7 heteroatoms. The summed E-state index contributed by atoms with van der Waals surface area (Å²) in [7, 11) is -2.92. The van der Waals surface area contributed by atoms with Crippen molar-refractivity contribution in [2.24, 2.45) is 0 Å². The second-order valence-corrected chi connectivity index (χ2v) is 8.04. The molecule has 1 fully saturated rings. The molecule has 0 amide bonds. The molecule has 1 aliphatic rings. The van der Waals surface area contributed by atoms with Crippen LogP contribution in [0.15, 0.2) is 24.3 Å². The van der Waals surface area contributed by atoms with Crippen molar-refractivity contribution in [3.8, 4) is 0 Å². The normalized spacial score (nSPS) is 22.0. The summed E-state index contributed by atoms with van der Waals surface area (Å²) in [6, 6.07) is 6.97. The molecule has 3 nitrogen and oxygen atoms in total. The minimum absolute atomic E-state index is 0.0224. The molecule has 1 aromatic rings. The summed E-state index contributed by atoms with van der Waals surface area (Å²) in [5, 5.41) is 3.27. The summed E-state index contributed by atoms with van der Waals surface area (Å²) < 4.78 is 59.6. The third kappa shape index (κ3) is 5.87. The fourth-order valence-electron chi connectivity index (χ4n) is 2.55. The Balaban J connectivity index is 1.88. The standard InChI is InChI=1S/C15H20F3NO2S/c16-15(17,18)9-7-12-3-5-14(6-4-12)19-13-2-1-10-22(20,21)11-8-13/h3-6,13,19H,1-2,7-11H2. The number of anilines is 1. The van der Waals surface area contributed by atoms with Crippen LogP contribution in [0.3, 0.4) is 0 Å². The highest BCUT2D eigenvalue weighted by molar-refractivity contribution is 7.91. The van der Waals surface area contributed by atoms with Crippen LogP contribution in [0.2, 0.25) is 0 Å². The van der Waals surface area contributed by atoms with E-state index >= 15 is 0 Å². The van der Waals surface area contributed by atoms with Gasteiger partial charge in [0, 0.05) is 18.2 Å². The van der Waals surface area contributed by atoms with Crippen LogP contribution in [0, 0.1) is 0 Å². The maximum Gasteiger partial charge on any atom is 0.389 e. The van der Waals surface area contributed by atoms with Crippen LogP contribution in [-0.4, -0.2) is 32.1 Å². The quantitative estimate of drug-likeness (QED) is 0.915. The molecular formula is C15H20F3NO2S. The molecule has 1 aromatic carbocycles. The molecule has 1 N–H and O–H groups in total. The van der Waals surface area contributed by atoms with Crippen LogP contribution < -0.4 is 5.32 Å². The lowest BCUT2D eigenvalue weighted by atomic mass is 10.1. The van der Waals surface area contributed by atoms with Crippen LogP contribution in [0.5, 0.6) is 0 Å². The minimum atomic E-state index is -4.14. The van der Waals surface area contributed by atoms with Crippen molar-refractivity contribution >= 4 is 15.5 Å². The zero-order valence-electron chi connectivity index (χ0n) is 12.2. The molecule has 1 aliphatic heterocycles. The van der Waals surface area contributed by atoms with Crippen molar-refractivity contribution in [2.75, 3.05) is 16.8 Å². The van der Waals surface area contributed by atoms with E-state index in [4.69, 9.17) is 0 Å². The number of halogens is 3. The Hall–Kier alpha value is -1.24. The molecule has 0 spiro atoms. The van der Waals surface area contributed by atoms with Gasteiger partial charge in [0.2, 0.25) is 0 Å². The van der Waals surface area contributed by atoms with E-state index in [9.17, 15) is 21.6 Å². The number of hydrogen-bond donors (Lipinski definition) is 1. The van der Waals surface area contributed by atoms with Gasteiger partial charge >= 0.3 is 6.18 Å². The van der Waals surface area contributed by atoms with Crippen molar-refractivity contribution < 1.29 is 21.6 Å². The zero-order valence-corrected chi connectivity index (χ0v) is 13.0. The summed E-state index contributed by atoms with van der Waals surface area (Å²) in [6.07, 6.45) is -2.98. The van der Waals surface area contributed by atoms with E-state index in [1.807, 2.05) is 0 Å². The van der Waals surface area contributed by atoms with E-state index in [1.165, 1.54) is 0 Å². The second-order valence-electron chi connectivity index (χ2n) is 5.74. The van der Waals surface area contributed by atoms with E-state index in [0.29, 0.717) is 18.4 Å². The molecule has 0 saturated carbocycles. The molecule has 1 atom stereocenters. The molecule has 0 aliphatic carbocycles. The Labute approximate surface area is 128 Å². The summed E-state index contributed by atoms with van der Waals surface area (Å²) in [4.78, 5) is 0. The van der Waals surface area contributed by atoms with E-state index in [2.05, 4.69) is 5.32 Å². The highest BCUT2D eigenvalue weighted by Crippen LogP contribution is 2.23. The average Bonchev–Trinajstić information content (AvgIpc) is 2.59. The molecule has 0 radical (unpaired) electrons. The molecular weight excluding hydrogens is 315 g/mol. The fourth-order valence-corrected chi connectivity index (χ4v) is 4.01. The molecule has 0 aromatic heterocycles. The topological polar surface area (TPSA) is 46.2 Å². The summed E-state index contributed by atoms with van der Waals surface area (Å²) in [5.41, 5.74) is 1.46. The Morgan fingerprint density at radius 2 is 1.77 bits per heavy atom. The summed E-state index contributed by atoms with van der Waals surface area (Å²) >= 11 is 0. The molecule has 22 heavy (non-hydrogen) atoms. The summed E-state index contributed by atoms with van der Waals surface area (Å²) in [5.74, 6) is 0.426. The first-order chi connectivity index (χ1) is 10.2. The van der Waals surface area contributed by atoms with Crippen LogP contribution >= 0.6 is 0 Å². The van der Waals surface area contributed by atoms with Crippen molar-refractivity contribution in [1.82, 2.24) is 0 Å². The Morgan fingerprint density at radius 1 is 1.09 bits per heavy atom. The first-order valence-electron chi connectivity index (χ1n) is 7.36. The van der Waals surface area contributed by atoms with Gasteiger partial charge in [0.1, 0.15) is 9.84 Å². The van der Waals surface area contributed by atoms with Crippen LogP contribution in [0.1, 0.15) is 31.2 Å². The predicted molar refractivity (Wildman–Crippen MR) is 80.7 cm³/mol. The number of aryl methyl sites for hydroxylation is 1. The largest absolute Gasteiger partial charge is 0.389 e. The molecule has 1 unspecified atom stereocenters. The van der Waals surface area contributed by atoms with Gasteiger partial charge in [0.15, 0.2) is 0 Å². The number of alkyl halides is 3. The third-order valence-electron chi connectivity index (χ3n) is 3.81. The molecule has 0 bridgehead atoms. The van der Waals surface area contributed by atoms with Gasteiger partial charge in [0.25, 0.3) is 0 Å². The lowest BCUT2D eigenvalue weighted by Gasteiger charge is -2.17. The van der Waals surface area contributed by atoms with E-state index in [0.717, 1.165) is 12.1 Å². The lowest BCUT2D eigenvalue weighted by Crippen LogP contribution is -2.20. The highest BCUT2D eigenvalue weighted by atomic mass is 32.2. The van der Waals surface area contributed by atoms with Crippen LogP contribution in [-0.2, 0) is 16.3 Å². The first kappa shape index (κ1) is 17.1. The fraction of sp³-hybridized carbons (Fsp3) is 0.600. The maximum absolute atomic E-state index is 12.2. The van der Waals surface area contributed by atoms with Crippen molar-refractivity contribution in [3.05, 3.63) is 29.8 Å². The maximum atomic E-state index is 12.2. The summed E-state index contributed by atoms with van der Waals surface area (Å²) in [6.45, 7) is 0. The van der Waals surface area contributed by atoms with Gasteiger partial charge in [-0.15, -0.1) is 0 Å². The smallest absolute Gasteiger partial charge is 0.382 e. The number of sulfone groups is 1. The molecule has 124 valence electrons. The number of hydrogen-bond acceptors (Lipinski definition) is 3. The molecule has 1 saturated heterocycles. The van der Waals surface area contributed by atoms with Gasteiger partial charge in [-0.3, -0.25) is 0 Å². The molecule has 2 rings (SSSR count). The van der Waals surface area contributed by atoms with Gasteiger partial charge in [-0.2, -0.15) is 13.2 Å². The number of nitrogens with one attached hydrogen (secondary N) is 1. The molecule has 1 heterocycles. The Morgan fingerprint density at radius 3 is 2.41 bits per heavy atom. The van der Waals surface area contributed by atoms with Gasteiger partial charge in [0.05, 0.1) is 11.5 Å². The van der Waals surface area contributed by atoms with Crippen molar-refractivity contribution in [1.29, 1.82) is 0 Å². The van der Waals surface area contributed by atoms with Crippen molar-refractivity contribution in [2.45, 2.75) is 44.3 Å². The monoisotopic (exact) mass is 335 g/mol. The zero-order chi connectivity index (χ0) is 16.2. The average molecular weight is 335 g/mol. The number of rotatable bonds is 4. The van der Waals surface area contributed by atoms with Crippen LogP contribution in [0.4, 0.5) is 18.9 Å². The minimum Gasteiger partial charge on any atom is -0.382 e. The lowest BCUT2D eigenvalue weighted by molar-refractivity contribution is -0.133. The Bertz CT molecular complexity index is 582. The first-order valence-corrected chi connectivity index (χ1v) is 9.18. The Kier molecular flexibility index (Phi) is 5.36. The highest BCUT2D eigenvalue weighted by Gasteiger charge is 2.26. The van der Waals surface area contributed by atoms with E-state index < -0.39 is 22.4 Å².